The third-order valence-electron chi connectivity index (χ3n) is 4.86. The van der Waals surface area contributed by atoms with Crippen molar-refractivity contribution in [3.05, 3.63) is 59.1 Å². The van der Waals surface area contributed by atoms with E-state index >= 15 is 0 Å². The first-order valence-corrected chi connectivity index (χ1v) is 8.85. The molecule has 0 bridgehead atoms. The normalized spacial score (nSPS) is 21.5. The maximum atomic E-state index is 13.2. The number of hydrazone groups is 1. The van der Waals surface area contributed by atoms with Crippen molar-refractivity contribution in [1.82, 2.24) is 0 Å². The fraction of sp³-hybridized carbons (Fsp3) is 0.200. The van der Waals surface area contributed by atoms with Crippen LogP contribution in [0.3, 0.4) is 0 Å². The topological polar surface area (TPSA) is 70.1 Å². The van der Waals surface area contributed by atoms with E-state index in [1.165, 1.54) is 11.9 Å². The summed E-state index contributed by atoms with van der Waals surface area (Å²) in [6.45, 7) is 3.25. The van der Waals surface area contributed by atoms with Crippen LogP contribution in [0.5, 0.6) is 0 Å². The lowest BCUT2D eigenvalue weighted by molar-refractivity contribution is -0.122. The summed E-state index contributed by atoms with van der Waals surface area (Å²) in [5, 5.41) is 6.37. The van der Waals surface area contributed by atoms with Gasteiger partial charge in [0.2, 0.25) is 5.91 Å². The van der Waals surface area contributed by atoms with Gasteiger partial charge in [-0.3, -0.25) is 19.4 Å². The van der Waals surface area contributed by atoms with Crippen LogP contribution in [-0.2, 0) is 14.4 Å². The largest absolute Gasteiger partial charge is 0.293 e. The molecule has 0 spiro atoms. The molecular formula is C20H16ClN3O3. The van der Waals surface area contributed by atoms with Gasteiger partial charge >= 0.3 is 0 Å². The first-order chi connectivity index (χ1) is 12.9. The van der Waals surface area contributed by atoms with E-state index in [0.29, 0.717) is 16.4 Å². The first-order valence-electron chi connectivity index (χ1n) is 8.48. The number of Topliss-reactive ketones (excluding diaryl/α,β-unsaturated/α-hetero) is 1. The molecule has 1 fully saturated rings. The number of fused-ring (bicyclic) bond motifs is 1. The molecule has 2 amide bonds. The highest BCUT2D eigenvalue weighted by Crippen LogP contribution is 2.38. The summed E-state index contributed by atoms with van der Waals surface area (Å²) in [6.07, 6.45) is 0. The van der Waals surface area contributed by atoms with Crippen molar-refractivity contribution < 1.29 is 14.4 Å². The first kappa shape index (κ1) is 17.4. The number of hydrogen-bond donors (Lipinski definition) is 0. The van der Waals surface area contributed by atoms with Gasteiger partial charge in [-0.1, -0.05) is 29.8 Å². The maximum Gasteiger partial charge on any atom is 0.259 e. The molecule has 2 aliphatic rings. The number of nitrogens with zero attached hydrogens (tertiary/aromatic N) is 3. The highest BCUT2D eigenvalue weighted by Gasteiger charge is 2.58. The van der Waals surface area contributed by atoms with Crippen LogP contribution in [0.25, 0.3) is 0 Å². The van der Waals surface area contributed by atoms with Crippen LogP contribution >= 0.6 is 11.6 Å². The Morgan fingerprint density at radius 1 is 1.04 bits per heavy atom. The smallest absolute Gasteiger partial charge is 0.259 e. The van der Waals surface area contributed by atoms with Gasteiger partial charge in [-0.15, -0.1) is 0 Å². The summed E-state index contributed by atoms with van der Waals surface area (Å²) in [6, 6.07) is 13.0. The average Bonchev–Trinajstić information content (AvgIpc) is 3.14. The Labute approximate surface area is 161 Å². The zero-order valence-corrected chi connectivity index (χ0v) is 15.5. The van der Waals surface area contributed by atoms with Gasteiger partial charge in [0, 0.05) is 11.9 Å². The summed E-state index contributed by atoms with van der Waals surface area (Å²) in [4.78, 5) is 39.5. The predicted molar refractivity (Wildman–Crippen MR) is 103 cm³/mol. The molecule has 0 radical (unpaired) electrons. The second-order valence-corrected chi connectivity index (χ2v) is 7.02. The molecule has 2 aromatic carbocycles. The number of hydrogen-bond acceptors (Lipinski definition) is 5. The van der Waals surface area contributed by atoms with Crippen molar-refractivity contribution in [3.63, 3.8) is 0 Å². The van der Waals surface area contributed by atoms with Gasteiger partial charge < -0.3 is 0 Å². The lowest BCUT2D eigenvalue weighted by atomic mass is 9.95. The molecule has 27 heavy (non-hydrogen) atoms. The fourth-order valence-corrected chi connectivity index (χ4v) is 3.69. The van der Waals surface area contributed by atoms with Crippen LogP contribution in [-0.4, -0.2) is 29.4 Å². The Hall–Kier alpha value is -2.99. The number of halogens is 1. The molecule has 2 unspecified atom stereocenters. The van der Waals surface area contributed by atoms with Gasteiger partial charge in [0.15, 0.2) is 5.78 Å². The van der Waals surface area contributed by atoms with Crippen LogP contribution in [0.2, 0.25) is 5.02 Å². The third-order valence-corrected chi connectivity index (χ3v) is 5.11. The summed E-state index contributed by atoms with van der Waals surface area (Å²) in [5.41, 5.74) is 2.13. The van der Waals surface area contributed by atoms with E-state index in [-0.39, 0.29) is 11.5 Å². The number of amides is 2. The minimum absolute atomic E-state index is 0.109. The van der Waals surface area contributed by atoms with E-state index in [9.17, 15) is 14.4 Å². The number of imide groups is 1. The maximum absolute atomic E-state index is 13.2. The lowest BCUT2D eigenvalue weighted by Gasteiger charge is -2.23. The molecular weight excluding hydrogens is 366 g/mol. The molecule has 0 saturated carbocycles. The van der Waals surface area contributed by atoms with Crippen LogP contribution in [0.1, 0.15) is 12.5 Å². The van der Waals surface area contributed by atoms with Gasteiger partial charge in [-0.2, -0.15) is 5.10 Å². The summed E-state index contributed by atoms with van der Waals surface area (Å²) < 4.78 is 0. The van der Waals surface area contributed by atoms with E-state index in [2.05, 4.69) is 5.10 Å². The third kappa shape index (κ3) is 2.64. The average molecular weight is 382 g/mol. The van der Waals surface area contributed by atoms with Gasteiger partial charge in [-0.05, 0) is 42.8 Å². The summed E-state index contributed by atoms with van der Waals surface area (Å²) in [7, 11) is 0. The van der Waals surface area contributed by atoms with Gasteiger partial charge in [0.1, 0.15) is 17.7 Å². The number of carbonyl (C=O) groups is 3. The highest BCUT2D eigenvalue weighted by atomic mass is 35.5. The standard InChI is InChI=1S/C20H16ClN3O3/c1-11-5-3-4-6-15(11)24-18-16(17(22-24)12(2)25)19(26)23(20(18)27)14-9-7-13(21)8-10-14/h3-10,16,18H,1-2H3. The number of aryl methyl sites for hydroxylation is 1. The van der Waals surface area contributed by atoms with Gasteiger partial charge in [-0.25, -0.2) is 4.90 Å². The van der Waals surface area contributed by atoms with Crippen molar-refractivity contribution in [2.45, 2.75) is 19.9 Å². The molecule has 0 N–H and O–H groups in total. The minimum Gasteiger partial charge on any atom is -0.293 e. The monoisotopic (exact) mass is 381 g/mol. The molecule has 2 aliphatic heterocycles. The molecule has 0 aromatic heterocycles. The summed E-state index contributed by atoms with van der Waals surface area (Å²) >= 11 is 5.91. The van der Waals surface area contributed by atoms with E-state index in [1.807, 2.05) is 31.2 Å². The molecule has 1 saturated heterocycles. The van der Waals surface area contributed by atoms with E-state index in [4.69, 9.17) is 11.6 Å². The fourth-order valence-electron chi connectivity index (χ4n) is 3.57. The number of ketones is 1. The number of carbonyl (C=O) groups excluding carboxylic acids is 3. The Kier molecular flexibility index (Phi) is 4.08. The van der Waals surface area contributed by atoms with Crippen LogP contribution in [0.15, 0.2) is 53.6 Å². The van der Waals surface area contributed by atoms with Crippen molar-refractivity contribution >= 4 is 46.3 Å². The van der Waals surface area contributed by atoms with Crippen molar-refractivity contribution in [2.24, 2.45) is 11.0 Å². The van der Waals surface area contributed by atoms with Crippen molar-refractivity contribution in [2.75, 3.05) is 9.91 Å². The van der Waals surface area contributed by atoms with Crippen LogP contribution < -0.4 is 9.91 Å². The quantitative estimate of drug-likeness (QED) is 0.766. The van der Waals surface area contributed by atoms with Gasteiger partial charge in [0.25, 0.3) is 5.91 Å². The Morgan fingerprint density at radius 2 is 1.70 bits per heavy atom. The Morgan fingerprint density at radius 3 is 2.33 bits per heavy atom. The number of anilines is 2. The molecule has 6 nitrogen and oxygen atoms in total. The van der Waals surface area contributed by atoms with E-state index < -0.39 is 23.8 Å². The zero-order chi connectivity index (χ0) is 19.3. The Bertz CT molecular complexity index is 1000. The molecule has 0 aliphatic carbocycles. The molecule has 2 atom stereocenters. The van der Waals surface area contributed by atoms with Gasteiger partial charge in [0.05, 0.1) is 11.4 Å². The number of para-hydroxylation sites is 1. The second kappa shape index (κ2) is 6.32. The number of rotatable bonds is 3. The minimum atomic E-state index is -0.912. The van der Waals surface area contributed by atoms with Crippen LogP contribution in [0, 0.1) is 12.8 Å². The van der Waals surface area contributed by atoms with E-state index in [1.54, 1.807) is 24.3 Å². The Balaban J connectivity index is 1.82. The summed E-state index contributed by atoms with van der Waals surface area (Å²) in [5.74, 6) is -2.08. The number of benzene rings is 2. The molecule has 4 rings (SSSR count). The van der Waals surface area contributed by atoms with Crippen molar-refractivity contribution in [3.8, 4) is 0 Å². The van der Waals surface area contributed by atoms with Crippen LogP contribution in [0.4, 0.5) is 11.4 Å². The highest BCUT2D eigenvalue weighted by molar-refractivity contribution is 6.49. The second-order valence-electron chi connectivity index (χ2n) is 6.58. The SMILES string of the molecule is CC(=O)C1=NN(c2ccccc2C)C2C(=O)N(c3ccc(Cl)cc3)C(=O)C12. The van der Waals surface area contributed by atoms with Crippen molar-refractivity contribution in [1.29, 1.82) is 0 Å². The lowest BCUT2D eigenvalue weighted by Crippen LogP contribution is -2.39. The molecule has 2 aromatic rings. The molecule has 136 valence electrons. The predicted octanol–water partition coefficient (Wildman–Crippen LogP) is 2.97. The zero-order valence-electron chi connectivity index (χ0n) is 14.7. The molecule has 2 heterocycles. The van der Waals surface area contributed by atoms with E-state index in [0.717, 1.165) is 10.5 Å². The molecule has 7 heteroatoms.